The van der Waals surface area contributed by atoms with Crippen molar-refractivity contribution in [1.29, 1.82) is 0 Å². The zero-order valence-electron chi connectivity index (χ0n) is 11.6. The van der Waals surface area contributed by atoms with E-state index in [4.69, 9.17) is 9.47 Å². The lowest BCUT2D eigenvalue weighted by atomic mass is 10.2. The molecule has 0 atom stereocenters. The van der Waals surface area contributed by atoms with Gasteiger partial charge in [0, 0.05) is 17.1 Å². The Morgan fingerprint density at radius 1 is 1.32 bits per heavy atom. The quantitative estimate of drug-likeness (QED) is 0.777. The van der Waals surface area contributed by atoms with Crippen LogP contribution in [0.4, 0.5) is 0 Å². The molecule has 1 aromatic carbocycles. The zero-order valence-corrected chi connectivity index (χ0v) is 11.6. The predicted octanol–water partition coefficient (Wildman–Crippen LogP) is 2.99. The van der Waals surface area contributed by atoms with Gasteiger partial charge in [0.15, 0.2) is 0 Å². The number of fused-ring (bicyclic) bond motifs is 1. The molecule has 4 nitrogen and oxygen atoms in total. The highest BCUT2D eigenvalue weighted by molar-refractivity contribution is 5.83. The predicted molar refractivity (Wildman–Crippen MR) is 74.3 cm³/mol. The maximum atomic E-state index is 11.5. The summed E-state index contributed by atoms with van der Waals surface area (Å²) < 4.78 is 12.5. The number of ether oxygens (including phenoxy) is 2. The zero-order chi connectivity index (χ0) is 13.8. The van der Waals surface area contributed by atoms with Crippen molar-refractivity contribution in [3.63, 3.8) is 0 Å². The summed E-state index contributed by atoms with van der Waals surface area (Å²) in [7, 11) is 0. The van der Waals surface area contributed by atoms with E-state index in [1.54, 1.807) is 6.92 Å². The van der Waals surface area contributed by atoms with Crippen molar-refractivity contribution in [2.75, 3.05) is 6.61 Å². The lowest BCUT2D eigenvalue weighted by Gasteiger charge is -2.10. The van der Waals surface area contributed by atoms with Crippen molar-refractivity contribution < 1.29 is 14.3 Å². The average Bonchev–Trinajstić information content (AvgIpc) is 2.71. The van der Waals surface area contributed by atoms with E-state index in [2.05, 4.69) is 0 Å². The standard InChI is InChI=1S/C15H19NO3/c1-4-18-15(17)10-16-8-7-12-9-13(19-11(2)3)5-6-14(12)16/h5-9,11H,4,10H2,1-3H3. The highest BCUT2D eigenvalue weighted by Crippen LogP contribution is 2.22. The smallest absolute Gasteiger partial charge is 0.325 e. The van der Waals surface area contributed by atoms with Crippen LogP contribution in [0.5, 0.6) is 5.75 Å². The van der Waals surface area contributed by atoms with Crippen LogP contribution in [0.15, 0.2) is 30.5 Å². The van der Waals surface area contributed by atoms with E-state index < -0.39 is 0 Å². The second-order valence-corrected chi connectivity index (χ2v) is 4.64. The fourth-order valence-corrected chi connectivity index (χ4v) is 2.01. The largest absolute Gasteiger partial charge is 0.491 e. The van der Waals surface area contributed by atoms with Gasteiger partial charge < -0.3 is 14.0 Å². The first-order valence-electron chi connectivity index (χ1n) is 6.51. The van der Waals surface area contributed by atoms with E-state index in [1.165, 1.54) is 0 Å². The first-order valence-corrected chi connectivity index (χ1v) is 6.51. The number of benzene rings is 1. The molecular weight excluding hydrogens is 242 g/mol. The molecule has 19 heavy (non-hydrogen) atoms. The Balaban J connectivity index is 2.21. The molecule has 0 N–H and O–H groups in total. The fraction of sp³-hybridized carbons (Fsp3) is 0.400. The Morgan fingerprint density at radius 3 is 2.79 bits per heavy atom. The van der Waals surface area contributed by atoms with E-state index in [9.17, 15) is 4.79 Å². The fourth-order valence-electron chi connectivity index (χ4n) is 2.01. The molecule has 0 aliphatic rings. The van der Waals surface area contributed by atoms with Crippen LogP contribution in [-0.2, 0) is 16.1 Å². The highest BCUT2D eigenvalue weighted by Gasteiger charge is 2.08. The van der Waals surface area contributed by atoms with E-state index in [-0.39, 0.29) is 18.6 Å². The van der Waals surface area contributed by atoms with Gasteiger partial charge in [-0.2, -0.15) is 0 Å². The summed E-state index contributed by atoms with van der Waals surface area (Å²) in [5.41, 5.74) is 1.00. The van der Waals surface area contributed by atoms with Gasteiger partial charge in [0.1, 0.15) is 12.3 Å². The van der Waals surface area contributed by atoms with Gasteiger partial charge in [-0.25, -0.2) is 0 Å². The monoisotopic (exact) mass is 261 g/mol. The SMILES string of the molecule is CCOC(=O)Cn1ccc2cc(OC(C)C)ccc21. The van der Waals surface area contributed by atoms with Gasteiger partial charge >= 0.3 is 5.97 Å². The Labute approximate surface area is 112 Å². The summed E-state index contributed by atoms with van der Waals surface area (Å²) in [6.07, 6.45) is 2.04. The van der Waals surface area contributed by atoms with Gasteiger partial charge in [-0.15, -0.1) is 0 Å². The van der Waals surface area contributed by atoms with E-state index in [0.717, 1.165) is 16.7 Å². The molecular formula is C15H19NO3. The number of aromatic nitrogens is 1. The number of esters is 1. The summed E-state index contributed by atoms with van der Waals surface area (Å²) in [6, 6.07) is 7.84. The molecule has 4 heteroatoms. The second-order valence-electron chi connectivity index (χ2n) is 4.64. The van der Waals surface area contributed by atoms with E-state index in [1.807, 2.05) is 48.9 Å². The number of hydrogen-bond acceptors (Lipinski definition) is 3. The molecule has 102 valence electrons. The van der Waals surface area contributed by atoms with E-state index >= 15 is 0 Å². The summed E-state index contributed by atoms with van der Waals surface area (Å²) in [4.78, 5) is 11.5. The van der Waals surface area contributed by atoms with Crippen molar-refractivity contribution in [3.05, 3.63) is 30.5 Å². The highest BCUT2D eigenvalue weighted by atomic mass is 16.5. The van der Waals surface area contributed by atoms with Crippen molar-refractivity contribution in [3.8, 4) is 5.75 Å². The van der Waals surface area contributed by atoms with Crippen LogP contribution >= 0.6 is 0 Å². The molecule has 0 fully saturated rings. The third-order valence-electron chi connectivity index (χ3n) is 2.72. The maximum absolute atomic E-state index is 11.5. The molecule has 2 rings (SSSR count). The molecule has 0 aliphatic carbocycles. The molecule has 1 heterocycles. The summed E-state index contributed by atoms with van der Waals surface area (Å²) in [5, 5.41) is 1.06. The Hall–Kier alpha value is -1.97. The Bertz CT molecular complexity index is 572. The maximum Gasteiger partial charge on any atom is 0.325 e. The minimum atomic E-state index is -0.220. The van der Waals surface area contributed by atoms with Crippen molar-refractivity contribution >= 4 is 16.9 Å². The van der Waals surface area contributed by atoms with Crippen LogP contribution < -0.4 is 4.74 Å². The van der Waals surface area contributed by atoms with Crippen LogP contribution in [-0.4, -0.2) is 23.2 Å². The topological polar surface area (TPSA) is 40.5 Å². The Morgan fingerprint density at radius 2 is 2.11 bits per heavy atom. The van der Waals surface area contributed by atoms with Crippen molar-refractivity contribution in [1.82, 2.24) is 4.57 Å². The van der Waals surface area contributed by atoms with Gasteiger partial charge in [0.2, 0.25) is 0 Å². The lowest BCUT2D eigenvalue weighted by Crippen LogP contribution is -2.12. The third kappa shape index (κ3) is 3.28. The van der Waals surface area contributed by atoms with Crippen molar-refractivity contribution in [2.45, 2.75) is 33.4 Å². The van der Waals surface area contributed by atoms with Gasteiger partial charge in [0.25, 0.3) is 0 Å². The molecule has 0 spiro atoms. The average molecular weight is 261 g/mol. The van der Waals surface area contributed by atoms with Gasteiger partial charge in [-0.1, -0.05) is 0 Å². The van der Waals surface area contributed by atoms with Crippen LogP contribution in [0.3, 0.4) is 0 Å². The third-order valence-corrected chi connectivity index (χ3v) is 2.72. The molecule has 0 aliphatic heterocycles. The number of carbonyl (C=O) groups excluding carboxylic acids is 1. The molecule has 0 saturated carbocycles. The molecule has 1 aromatic heterocycles. The first kappa shape index (κ1) is 13.5. The molecule has 0 amide bonds. The second kappa shape index (κ2) is 5.78. The number of carbonyl (C=O) groups is 1. The van der Waals surface area contributed by atoms with Crippen LogP contribution in [0.25, 0.3) is 10.9 Å². The number of rotatable bonds is 5. The molecule has 0 unspecified atom stereocenters. The van der Waals surface area contributed by atoms with Crippen LogP contribution in [0, 0.1) is 0 Å². The minimum Gasteiger partial charge on any atom is -0.491 e. The Kier molecular flexibility index (Phi) is 4.10. The first-order chi connectivity index (χ1) is 9.10. The number of nitrogens with zero attached hydrogens (tertiary/aromatic N) is 1. The molecule has 0 saturated heterocycles. The molecule has 0 radical (unpaired) electrons. The summed E-state index contributed by atoms with van der Waals surface area (Å²) >= 11 is 0. The number of hydrogen-bond donors (Lipinski definition) is 0. The van der Waals surface area contributed by atoms with Gasteiger partial charge in [-0.3, -0.25) is 4.79 Å². The van der Waals surface area contributed by atoms with Crippen molar-refractivity contribution in [2.24, 2.45) is 0 Å². The van der Waals surface area contributed by atoms with Crippen LogP contribution in [0.2, 0.25) is 0 Å². The van der Waals surface area contributed by atoms with Crippen LogP contribution in [0.1, 0.15) is 20.8 Å². The summed E-state index contributed by atoms with van der Waals surface area (Å²) in [5.74, 6) is 0.624. The molecule has 2 aromatic rings. The van der Waals surface area contributed by atoms with Gasteiger partial charge in [0.05, 0.1) is 12.7 Å². The minimum absolute atomic E-state index is 0.152. The van der Waals surface area contributed by atoms with Gasteiger partial charge in [-0.05, 0) is 45.0 Å². The lowest BCUT2D eigenvalue weighted by molar-refractivity contribution is -0.143. The van der Waals surface area contributed by atoms with E-state index in [0.29, 0.717) is 6.61 Å². The molecule has 0 bridgehead atoms. The normalized spacial score (nSPS) is 10.9. The summed E-state index contributed by atoms with van der Waals surface area (Å²) in [6.45, 7) is 6.44.